The lowest BCUT2D eigenvalue weighted by Gasteiger charge is -2.31. The Kier molecular flexibility index (Phi) is 6.43. The number of hydrogen-bond donors (Lipinski definition) is 1. The minimum Gasteiger partial charge on any atom is -0.393 e. The second-order valence-corrected chi connectivity index (χ2v) is 5.34. The van der Waals surface area contributed by atoms with Crippen LogP contribution in [-0.4, -0.2) is 41.4 Å². The zero-order valence-electron chi connectivity index (χ0n) is 11.0. The Hall–Kier alpha value is -0.290. The van der Waals surface area contributed by atoms with Gasteiger partial charge in [0.1, 0.15) is 0 Å². The minimum absolute atomic E-state index is 0.166. The molecule has 0 radical (unpaired) electrons. The van der Waals surface area contributed by atoms with E-state index >= 15 is 0 Å². The standard InChI is InChI=1S/C13H24F3NO/c1-11(18)10-12-6-3-2-4-8-17(12)9-5-7-13(14,15)16/h11-12,18H,2-10H2,1H3. The van der Waals surface area contributed by atoms with Gasteiger partial charge in [-0.05, 0) is 45.7 Å². The molecular formula is C13H24F3NO. The van der Waals surface area contributed by atoms with Crippen molar-refractivity contribution < 1.29 is 18.3 Å². The first kappa shape index (κ1) is 15.8. The summed E-state index contributed by atoms with van der Waals surface area (Å²) in [7, 11) is 0. The van der Waals surface area contributed by atoms with E-state index in [0.29, 0.717) is 13.0 Å². The van der Waals surface area contributed by atoms with Crippen molar-refractivity contribution in [3.8, 4) is 0 Å². The first-order chi connectivity index (χ1) is 8.38. The number of halogens is 3. The van der Waals surface area contributed by atoms with Crippen LogP contribution in [-0.2, 0) is 0 Å². The monoisotopic (exact) mass is 267 g/mol. The molecule has 1 N–H and O–H groups in total. The van der Waals surface area contributed by atoms with Gasteiger partial charge in [0.15, 0.2) is 0 Å². The topological polar surface area (TPSA) is 23.5 Å². The molecule has 0 aliphatic carbocycles. The van der Waals surface area contributed by atoms with Crippen LogP contribution in [0.15, 0.2) is 0 Å². The molecular weight excluding hydrogens is 243 g/mol. The molecule has 5 heteroatoms. The quantitative estimate of drug-likeness (QED) is 0.825. The lowest BCUT2D eigenvalue weighted by atomic mass is 10.0. The molecule has 0 aromatic heterocycles. The number of aliphatic hydroxyl groups excluding tert-OH is 1. The molecule has 1 rings (SSSR count). The van der Waals surface area contributed by atoms with E-state index in [9.17, 15) is 18.3 Å². The van der Waals surface area contributed by atoms with Gasteiger partial charge in [-0.25, -0.2) is 0 Å². The van der Waals surface area contributed by atoms with E-state index in [0.717, 1.165) is 32.2 Å². The molecule has 1 saturated heterocycles. The van der Waals surface area contributed by atoms with Crippen molar-refractivity contribution in [3.63, 3.8) is 0 Å². The second kappa shape index (κ2) is 7.34. The highest BCUT2D eigenvalue weighted by atomic mass is 19.4. The fourth-order valence-corrected chi connectivity index (χ4v) is 2.67. The van der Waals surface area contributed by atoms with Gasteiger partial charge in [0.05, 0.1) is 6.10 Å². The highest BCUT2D eigenvalue weighted by molar-refractivity contribution is 4.77. The summed E-state index contributed by atoms with van der Waals surface area (Å²) in [6.07, 6.45) is 0.0269. The van der Waals surface area contributed by atoms with Crippen molar-refractivity contribution in [1.82, 2.24) is 4.90 Å². The Morgan fingerprint density at radius 3 is 2.61 bits per heavy atom. The minimum atomic E-state index is -4.05. The Morgan fingerprint density at radius 2 is 2.00 bits per heavy atom. The van der Waals surface area contributed by atoms with Gasteiger partial charge in [0.2, 0.25) is 0 Å². The number of alkyl halides is 3. The van der Waals surface area contributed by atoms with Crippen LogP contribution in [0.4, 0.5) is 13.2 Å². The van der Waals surface area contributed by atoms with Crippen molar-refractivity contribution in [2.24, 2.45) is 0 Å². The van der Waals surface area contributed by atoms with Gasteiger partial charge in [0.25, 0.3) is 0 Å². The molecule has 2 unspecified atom stereocenters. The third-order valence-electron chi connectivity index (χ3n) is 3.52. The lowest BCUT2D eigenvalue weighted by molar-refractivity contribution is -0.136. The maximum atomic E-state index is 12.1. The first-order valence-electron chi connectivity index (χ1n) is 6.87. The molecule has 2 atom stereocenters. The maximum Gasteiger partial charge on any atom is 0.389 e. The van der Waals surface area contributed by atoms with Gasteiger partial charge in [0, 0.05) is 12.5 Å². The predicted molar refractivity (Wildman–Crippen MR) is 65.4 cm³/mol. The highest BCUT2D eigenvalue weighted by Crippen LogP contribution is 2.24. The SMILES string of the molecule is CC(O)CC1CCCCCN1CCCC(F)(F)F. The molecule has 0 bridgehead atoms. The van der Waals surface area contributed by atoms with Crippen molar-refractivity contribution >= 4 is 0 Å². The van der Waals surface area contributed by atoms with Crippen molar-refractivity contribution in [3.05, 3.63) is 0 Å². The molecule has 1 aliphatic heterocycles. The molecule has 1 fully saturated rings. The predicted octanol–water partition coefficient (Wildman–Crippen LogP) is 3.34. The number of rotatable bonds is 5. The van der Waals surface area contributed by atoms with Crippen LogP contribution >= 0.6 is 0 Å². The van der Waals surface area contributed by atoms with E-state index in [2.05, 4.69) is 4.90 Å². The van der Waals surface area contributed by atoms with Crippen LogP contribution in [0.2, 0.25) is 0 Å². The second-order valence-electron chi connectivity index (χ2n) is 5.34. The average Bonchev–Trinajstić information content (AvgIpc) is 2.42. The molecule has 18 heavy (non-hydrogen) atoms. The summed E-state index contributed by atoms with van der Waals surface area (Å²) in [6.45, 7) is 3.12. The summed E-state index contributed by atoms with van der Waals surface area (Å²) in [5, 5.41) is 9.46. The van der Waals surface area contributed by atoms with Crippen LogP contribution < -0.4 is 0 Å². The maximum absolute atomic E-state index is 12.1. The smallest absolute Gasteiger partial charge is 0.389 e. The lowest BCUT2D eigenvalue weighted by Crippen LogP contribution is -2.38. The molecule has 1 heterocycles. The van der Waals surface area contributed by atoms with Gasteiger partial charge in [-0.1, -0.05) is 12.8 Å². The van der Waals surface area contributed by atoms with E-state index in [1.54, 1.807) is 6.92 Å². The van der Waals surface area contributed by atoms with Gasteiger partial charge >= 0.3 is 6.18 Å². The molecule has 0 amide bonds. The first-order valence-corrected chi connectivity index (χ1v) is 6.87. The Balaban J connectivity index is 2.41. The van der Waals surface area contributed by atoms with E-state index in [1.165, 1.54) is 0 Å². The number of nitrogens with zero attached hydrogens (tertiary/aromatic N) is 1. The molecule has 0 spiro atoms. The Bertz CT molecular complexity index is 231. The highest BCUT2D eigenvalue weighted by Gasteiger charge is 2.28. The van der Waals surface area contributed by atoms with Gasteiger partial charge in [-0.2, -0.15) is 13.2 Å². The van der Waals surface area contributed by atoms with E-state index < -0.39 is 12.6 Å². The average molecular weight is 267 g/mol. The van der Waals surface area contributed by atoms with Crippen LogP contribution in [0.1, 0.15) is 51.9 Å². The fourth-order valence-electron chi connectivity index (χ4n) is 2.67. The number of likely N-dealkylation sites (tertiary alicyclic amines) is 1. The molecule has 1 aliphatic rings. The summed E-state index contributed by atoms with van der Waals surface area (Å²) in [5.41, 5.74) is 0. The van der Waals surface area contributed by atoms with Crippen LogP contribution in [0, 0.1) is 0 Å². The summed E-state index contributed by atoms with van der Waals surface area (Å²) in [4.78, 5) is 2.14. The van der Waals surface area contributed by atoms with Gasteiger partial charge in [-0.15, -0.1) is 0 Å². The third kappa shape index (κ3) is 6.59. The number of aliphatic hydroxyl groups is 1. The van der Waals surface area contributed by atoms with Crippen molar-refractivity contribution in [2.45, 2.75) is 70.2 Å². The largest absolute Gasteiger partial charge is 0.393 e. The summed E-state index contributed by atoms with van der Waals surface area (Å²) < 4.78 is 36.4. The van der Waals surface area contributed by atoms with E-state index in [4.69, 9.17) is 0 Å². The van der Waals surface area contributed by atoms with Crippen LogP contribution in [0.25, 0.3) is 0 Å². The van der Waals surface area contributed by atoms with Crippen LogP contribution in [0.3, 0.4) is 0 Å². The summed E-state index contributed by atoms with van der Waals surface area (Å²) >= 11 is 0. The van der Waals surface area contributed by atoms with Gasteiger partial charge in [-0.3, -0.25) is 0 Å². The molecule has 2 nitrogen and oxygen atoms in total. The Labute approximate surface area is 107 Å². The van der Waals surface area contributed by atoms with E-state index in [-0.39, 0.29) is 18.6 Å². The third-order valence-corrected chi connectivity index (χ3v) is 3.52. The molecule has 0 aromatic carbocycles. The zero-order valence-corrected chi connectivity index (χ0v) is 11.0. The Morgan fingerprint density at radius 1 is 1.28 bits per heavy atom. The summed E-state index contributed by atoms with van der Waals surface area (Å²) in [5.74, 6) is 0. The summed E-state index contributed by atoms with van der Waals surface area (Å²) in [6, 6.07) is 0.251. The van der Waals surface area contributed by atoms with Gasteiger partial charge < -0.3 is 10.0 Å². The van der Waals surface area contributed by atoms with Crippen molar-refractivity contribution in [1.29, 1.82) is 0 Å². The van der Waals surface area contributed by atoms with Crippen LogP contribution in [0.5, 0.6) is 0 Å². The van der Waals surface area contributed by atoms with E-state index in [1.807, 2.05) is 0 Å². The zero-order chi connectivity index (χ0) is 13.6. The van der Waals surface area contributed by atoms with Crippen molar-refractivity contribution in [2.75, 3.05) is 13.1 Å². The number of hydrogen-bond acceptors (Lipinski definition) is 2. The molecule has 0 saturated carbocycles. The molecule has 0 aromatic rings. The molecule has 108 valence electrons. The fraction of sp³-hybridized carbons (Fsp3) is 1.00. The normalized spacial score (nSPS) is 24.8.